The number of aromatic nitrogens is 1. The lowest BCUT2D eigenvalue weighted by molar-refractivity contribution is -0.152. The van der Waals surface area contributed by atoms with Crippen LogP contribution in [0.25, 0.3) is 10.9 Å². The number of benzene rings is 2. The molecule has 6 heteroatoms. The number of carbonyl (C=O) groups excluding carboxylic acids is 1. The molecule has 0 spiro atoms. The van der Waals surface area contributed by atoms with Crippen molar-refractivity contribution in [3.63, 3.8) is 0 Å². The Labute approximate surface area is 187 Å². The van der Waals surface area contributed by atoms with Crippen molar-refractivity contribution in [2.24, 2.45) is 11.8 Å². The van der Waals surface area contributed by atoms with Crippen LogP contribution in [0.4, 0.5) is 0 Å². The molecule has 0 saturated heterocycles. The zero-order valence-electron chi connectivity index (χ0n) is 18.0. The van der Waals surface area contributed by atoms with Crippen LogP contribution in [-0.4, -0.2) is 33.4 Å². The van der Waals surface area contributed by atoms with E-state index < -0.39 is 17.8 Å². The lowest BCUT2D eigenvalue weighted by atomic mass is 9.78. The summed E-state index contributed by atoms with van der Waals surface area (Å²) >= 11 is 0. The fourth-order valence-electron chi connectivity index (χ4n) is 5.21. The first-order valence-electron chi connectivity index (χ1n) is 11.4. The molecule has 2 N–H and O–H groups in total. The fraction of sp³-hybridized carbons (Fsp3) is 0.385. The summed E-state index contributed by atoms with van der Waals surface area (Å²) in [6, 6.07) is 16.1. The van der Waals surface area contributed by atoms with Crippen LogP contribution in [0.1, 0.15) is 42.5 Å². The SMILES string of the molecule is O=C(O)[C@@H]1CCCC[C@H]1C(=O)N1CCc2[nH]c3c(OCc4ccccc4)cccc3c2C1. The summed E-state index contributed by atoms with van der Waals surface area (Å²) in [4.78, 5) is 30.4. The molecule has 1 aliphatic heterocycles. The molecule has 0 unspecified atom stereocenters. The third-order valence-electron chi connectivity index (χ3n) is 6.92. The smallest absolute Gasteiger partial charge is 0.307 e. The molecule has 2 aromatic carbocycles. The molecule has 2 heterocycles. The number of nitrogens with zero attached hydrogens (tertiary/aromatic N) is 1. The number of hydrogen-bond acceptors (Lipinski definition) is 3. The van der Waals surface area contributed by atoms with Gasteiger partial charge in [-0.05, 0) is 24.5 Å². The minimum atomic E-state index is -0.840. The van der Waals surface area contributed by atoms with Crippen LogP contribution in [0.5, 0.6) is 5.75 Å². The second-order valence-corrected chi connectivity index (χ2v) is 8.88. The van der Waals surface area contributed by atoms with Crippen LogP contribution in [0.15, 0.2) is 48.5 Å². The van der Waals surface area contributed by atoms with Crippen molar-refractivity contribution in [3.8, 4) is 5.75 Å². The summed E-state index contributed by atoms with van der Waals surface area (Å²) in [6.07, 6.45) is 3.82. The number of rotatable bonds is 5. The Bertz CT molecular complexity index is 1140. The van der Waals surface area contributed by atoms with Crippen molar-refractivity contribution in [1.82, 2.24) is 9.88 Å². The quantitative estimate of drug-likeness (QED) is 0.621. The molecule has 3 aromatic rings. The van der Waals surface area contributed by atoms with E-state index in [9.17, 15) is 14.7 Å². The molecule has 1 amide bonds. The molecule has 5 rings (SSSR count). The van der Waals surface area contributed by atoms with Crippen molar-refractivity contribution in [3.05, 3.63) is 65.4 Å². The van der Waals surface area contributed by atoms with Gasteiger partial charge in [-0.3, -0.25) is 9.59 Å². The maximum atomic E-state index is 13.3. The predicted molar refractivity (Wildman–Crippen MR) is 121 cm³/mol. The molecule has 0 radical (unpaired) electrons. The van der Waals surface area contributed by atoms with E-state index in [2.05, 4.69) is 11.1 Å². The van der Waals surface area contributed by atoms with Crippen molar-refractivity contribution < 1.29 is 19.4 Å². The number of hydrogen-bond donors (Lipinski definition) is 2. The van der Waals surface area contributed by atoms with Gasteiger partial charge in [-0.25, -0.2) is 0 Å². The maximum Gasteiger partial charge on any atom is 0.307 e. The Morgan fingerprint density at radius 1 is 1.03 bits per heavy atom. The van der Waals surface area contributed by atoms with E-state index >= 15 is 0 Å². The van der Waals surface area contributed by atoms with Crippen molar-refractivity contribution >= 4 is 22.8 Å². The van der Waals surface area contributed by atoms with Crippen molar-refractivity contribution in [1.29, 1.82) is 0 Å². The van der Waals surface area contributed by atoms with Gasteiger partial charge >= 0.3 is 5.97 Å². The molecular weight excluding hydrogens is 404 g/mol. The van der Waals surface area contributed by atoms with Crippen LogP contribution in [0, 0.1) is 11.8 Å². The van der Waals surface area contributed by atoms with E-state index in [0.29, 0.717) is 32.5 Å². The van der Waals surface area contributed by atoms with Gasteiger partial charge in [-0.2, -0.15) is 0 Å². The highest BCUT2D eigenvalue weighted by molar-refractivity contribution is 5.91. The summed E-state index contributed by atoms with van der Waals surface area (Å²) in [5, 5.41) is 10.7. The van der Waals surface area contributed by atoms with Crippen LogP contribution in [0.3, 0.4) is 0 Å². The summed E-state index contributed by atoms with van der Waals surface area (Å²) in [7, 11) is 0. The van der Waals surface area contributed by atoms with Crippen LogP contribution in [0.2, 0.25) is 0 Å². The van der Waals surface area contributed by atoms with Crippen molar-refractivity contribution in [2.75, 3.05) is 6.54 Å². The second-order valence-electron chi connectivity index (χ2n) is 8.88. The molecule has 1 fully saturated rings. The van der Waals surface area contributed by atoms with E-state index in [4.69, 9.17) is 4.74 Å². The number of fused-ring (bicyclic) bond motifs is 3. The molecule has 2 atom stereocenters. The number of aromatic amines is 1. The Hall–Kier alpha value is -3.28. The van der Waals surface area contributed by atoms with Crippen LogP contribution >= 0.6 is 0 Å². The highest BCUT2D eigenvalue weighted by Crippen LogP contribution is 2.36. The van der Waals surface area contributed by atoms with Crippen LogP contribution in [-0.2, 0) is 29.2 Å². The minimum Gasteiger partial charge on any atom is -0.487 e. The fourth-order valence-corrected chi connectivity index (χ4v) is 5.21. The third-order valence-corrected chi connectivity index (χ3v) is 6.92. The van der Waals surface area contributed by atoms with Gasteiger partial charge < -0.3 is 19.7 Å². The molecule has 166 valence electrons. The molecule has 1 aliphatic carbocycles. The van der Waals surface area contributed by atoms with Gasteiger partial charge in [0.1, 0.15) is 12.4 Å². The van der Waals surface area contributed by atoms with Gasteiger partial charge in [0.2, 0.25) is 5.91 Å². The Kier molecular flexibility index (Phi) is 5.60. The molecule has 6 nitrogen and oxygen atoms in total. The normalized spacial score (nSPS) is 20.7. The molecule has 1 saturated carbocycles. The summed E-state index contributed by atoms with van der Waals surface area (Å²) < 4.78 is 6.12. The van der Waals surface area contributed by atoms with E-state index in [0.717, 1.165) is 52.7 Å². The summed E-state index contributed by atoms with van der Waals surface area (Å²) in [6.45, 7) is 1.62. The minimum absolute atomic E-state index is 0.00594. The first-order valence-corrected chi connectivity index (χ1v) is 11.4. The molecule has 0 bridgehead atoms. The monoisotopic (exact) mass is 432 g/mol. The lowest BCUT2D eigenvalue weighted by Gasteiger charge is -2.34. The number of para-hydroxylation sites is 1. The van der Waals surface area contributed by atoms with Gasteiger partial charge in [-0.1, -0.05) is 55.3 Å². The lowest BCUT2D eigenvalue weighted by Crippen LogP contribution is -2.44. The Morgan fingerprint density at radius 3 is 2.59 bits per heavy atom. The largest absolute Gasteiger partial charge is 0.487 e. The maximum absolute atomic E-state index is 13.3. The van der Waals surface area contributed by atoms with Gasteiger partial charge in [0.15, 0.2) is 0 Å². The number of carboxylic acids is 1. The van der Waals surface area contributed by atoms with Gasteiger partial charge in [-0.15, -0.1) is 0 Å². The first kappa shape index (κ1) is 20.6. The van der Waals surface area contributed by atoms with E-state index in [1.54, 1.807) is 0 Å². The molecule has 1 aromatic heterocycles. The summed E-state index contributed by atoms with van der Waals surface area (Å²) in [5.41, 5.74) is 4.33. The van der Waals surface area contributed by atoms with E-state index in [1.165, 1.54) is 0 Å². The molecule has 32 heavy (non-hydrogen) atoms. The summed E-state index contributed by atoms with van der Waals surface area (Å²) in [5.74, 6) is -1.00. The van der Waals surface area contributed by atoms with Gasteiger partial charge in [0.25, 0.3) is 0 Å². The first-order chi connectivity index (χ1) is 15.6. The van der Waals surface area contributed by atoms with E-state index in [1.807, 2.05) is 47.4 Å². The van der Waals surface area contributed by atoms with Gasteiger partial charge in [0, 0.05) is 36.2 Å². The average Bonchev–Trinajstić information content (AvgIpc) is 3.21. The Balaban J connectivity index is 1.37. The zero-order chi connectivity index (χ0) is 22.1. The number of amides is 1. The number of carboxylic acid groups (broad SMARTS) is 1. The number of nitrogens with one attached hydrogen (secondary N) is 1. The number of H-pyrrole nitrogens is 1. The van der Waals surface area contributed by atoms with Gasteiger partial charge in [0.05, 0.1) is 17.4 Å². The highest BCUT2D eigenvalue weighted by Gasteiger charge is 2.39. The van der Waals surface area contributed by atoms with E-state index in [-0.39, 0.29) is 5.91 Å². The standard InChI is InChI=1S/C26H28N2O4/c29-25(19-9-4-5-10-20(19)26(30)31)28-14-13-22-21(15-28)18-11-6-12-23(24(18)27-22)32-16-17-7-2-1-3-8-17/h1-3,6-8,11-12,19-20,27H,4-5,9-10,13-16H2,(H,30,31)/t19-,20-/m1/s1. The van der Waals surface area contributed by atoms with Crippen LogP contribution < -0.4 is 4.74 Å². The number of ether oxygens (including phenoxy) is 1. The molecule has 2 aliphatic rings. The number of carbonyl (C=O) groups is 2. The number of aliphatic carboxylic acids is 1. The van der Waals surface area contributed by atoms with Crippen molar-refractivity contribution in [2.45, 2.75) is 45.3 Å². The predicted octanol–water partition coefficient (Wildman–Crippen LogP) is 4.52. The third kappa shape index (κ3) is 3.85. The Morgan fingerprint density at radius 2 is 1.81 bits per heavy atom. The highest BCUT2D eigenvalue weighted by atomic mass is 16.5. The molecular formula is C26H28N2O4. The second kappa shape index (κ2) is 8.69. The zero-order valence-corrected chi connectivity index (χ0v) is 18.0. The average molecular weight is 433 g/mol. The topological polar surface area (TPSA) is 82.6 Å².